The van der Waals surface area contributed by atoms with E-state index in [1.165, 1.54) is 0 Å². The van der Waals surface area contributed by atoms with Crippen molar-refractivity contribution in [3.63, 3.8) is 0 Å². The van der Waals surface area contributed by atoms with Crippen LogP contribution < -0.4 is 0 Å². The summed E-state index contributed by atoms with van der Waals surface area (Å²) in [5, 5.41) is 21.6. The predicted octanol–water partition coefficient (Wildman–Crippen LogP) is 3.05. The van der Waals surface area contributed by atoms with Crippen LogP contribution in [0, 0.1) is 5.21 Å². The molecule has 1 unspecified atom stereocenters. The Bertz CT molecular complexity index is 357. The lowest BCUT2D eigenvalue weighted by Gasteiger charge is -2.46. The van der Waals surface area contributed by atoms with Gasteiger partial charge in [-0.05, 0) is 19.9 Å². The lowest BCUT2D eigenvalue weighted by atomic mass is 10.1. The zero-order chi connectivity index (χ0) is 12.9. The van der Waals surface area contributed by atoms with Crippen molar-refractivity contribution in [1.29, 1.82) is 0 Å². The minimum absolute atomic E-state index is 0.00587. The highest BCUT2D eigenvalue weighted by Crippen LogP contribution is 2.24. The Morgan fingerprint density at radius 2 is 2.00 bits per heavy atom. The van der Waals surface area contributed by atoms with Crippen LogP contribution in [0.15, 0.2) is 28.7 Å². The number of aliphatic hydroxyl groups excluding tert-OH is 1. The van der Waals surface area contributed by atoms with Gasteiger partial charge in [0.05, 0.1) is 12.6 Å². The Kier molecular flexibility index (Phi) is 5.59. The molecular formula is C13H20BrNO2. The van der Waals surface area contributed by atoms with E-state index in [9.17, 15) is 5.21 Å². The first kappa shape index (κ1) is 14.6. The van der Waals surface area contributed by atoms with Gasteiger partial charge in [0.25, 0.3) is 0 Å². The number of hydroxylamine groups is 3. The molecule has 1 N–H and O–H groups in total. The van der Waals surface area contributed by atoms with Crippen molar-refractivity contribution in [2.45, 2.75) is 32.9 Å². The van der Waals surface area contributed by atoms with Gasteiger partial charge in [-0.2, -0.15) is 0 Å². The van der Waals surface area contributed by atoms with Crippen molar-refractivity contribution in [3.8, 4) is 0 Å². The maximum atomic E-state index is 12.7. The second kappa shape index (κ2) is 6.50. The molecule has 1 rings (SSSR count). The lowest BCUT2D eigenvalue weighted by molar-refractivity contribution is -0.914. The fraction of sp³-hybridized carbons (Fsp3) is 0.538. The average Bonchev–Trinajstić information content (AvgIpc) is 2.29. The van der Waals surface area contributed by atoms with E-state index in [0.29, 0.717) is 19.5 Å². The van der Waals surface area contributed by atoms with Gasteiger partial charge in [-0.1, -0.05) is 34.1 Å². The molecule has 0 aromatic heterocycles. The van der Waals surface area contributed by atoms with E-state index in [0.717, 1.165) is 10.0 Å². The standard InChI is InChI=1S/C13H20BrNO2/c1-11(2)15(17,8-5-9-16)10-12-6-3-4-7-13(12)14/h3-4,6-7,11,16H,5,8-10H2,1-2H3. The molecule has 96 valence electrons. The molecule has 1 atom stereocenters. The van der Waals surface area contributed by atoms with E-state index in [4.69, 9.17) is 5.11 Å². The van der Waals surface area contributed by atoms with Gasteiger partial charge in [-0.3, -0.25) is 0 Å². The van der Waals surface area contributed by atoms with Crippen LogP contribution in [0.1, 0.15) is 25.8 Å². The lowest BCUT2D eigenvalue weighted by Crippen LogP contribution is -2.48. The van der Waals surface area contributed by atoms with Crippen molar-refractivity contribution in [2.24, 2.45) is 0 Å². The maximum Gasteiger partial charge on any atom is 0.105 e. The average molecular weight is 302 g/mol. The van der Waals surface area contributed by atoms with E-state index < -0.39 is 0 Å². The Hall–Kier alpha value is -0.420. The number of benzene rings is 1. The van der Waals surface area contributed by atoms with Crippen LogP contribution in [0.2, 0.25) is 0 Å². The zero-order valence-corrected chi connectivity index (χ0v) is 12.0. The van der Waals surface area contributed by atoms with E-state index in [1.807, 2.05) is 38.1 Å². The SMILES string of the molecule is CC(C)[N+]([O-])(CCCO)Cc1ccccc1Br. The first-order valence-corrected chi connectivity index (χ1v) is 6.71. The predicted molar refractivity (Wildman–Crippen MR) is 73.2 cm³/mol. The van der Waals surface area contributed by atoms with Crippen molar-refractivity contribution < 1.29 is 9.75 Å². The smallest absolute Gasteiger partial charge is 0.105 e. The summed E-state index contributed by atoms with van der Waals surface area (Å²) in [7, 11) is 0. The van der Waals surface area contributed by atoms with Gasteiger partial charge in [0, 0.05) is 23.1 Å². The summed E-state index contributed by atoms with van der Waals surface area (Å²) >= 11 is 3.47. The third kappa shape index (κ3) is 4.07. The van der Waals surface area contributed by atoms with E-state index >= 15 is 0 Å². The minimum atomic E-state index is -0.289. The van der Waals surface area contributed by atoms with Gasteiger partial charge < -0.3 is 15.0 Å². The zero-order valence-electron chi connectivity index (χ0n) is 10.4. The first-order chi connectivity index (χ1) is 7.99. The number of aliphatic hydroxyl groups is 1. The molecule has 0 saturated heterocycles. The number of hydrogen-bond acceptors (Lipinski definition) is 2. The highest BCUT2D eigenvalue weighted by molar-refractivity contribution is 9.10. The summed E-state index contributed by atoms with van der Waals surface area (Å²) in [4.78, 5) is 0. The molecule has 0 bridgehead atoms. The molecule has 1 aromatic carbocycles. The molecule has 4 heteroatoms. The van der Waals surface area contributed by atoms with Crippen LogP contribution >= 0.6 is 15.9 Å². The van der Waals surface area contributed by atoms with Crippen LogP contribution in [0.4, 0.5) is 0 Å². The monoisotopic (exact) mass is 301 g/mol. The van der Waals surface area contributed by atoms with Crippen LogP contribution in [0.5, 0.6) is 0 Å². The van der Waals surface area contributed by atoms with Gasteiger partial charge in [0.15, 0.2) is 0 Å². The third-order valence-electron chi connectivity index (χ3n) is 3.03. The topological polar surface area (TPSA) is 43.3 Å². The second-order valence-corrected chi connectivity index (χ2v) is 5.45. The number of hydrogen-bond donors (Lipinski definition) is 1. The Balaban J connectivity index is 2.83. The molecule has 0 saturated carbocycles. The maximum absolute atomic E-state index is 12.7. The van der Waals surface area contributed by atoms with Gasteiger partial charge in [0.1, 0.15) is 6.54 Å². The highest BCUT2D eigenvalue weighted by Gasteiger charge is 2.22. The largest absolute Gasteiger partial charge is 0.632 e. The molecular weight excluding hydrogens is 282 g/mol. The normalized spacial score (nSPS) is 14.9. The fourth-order valence-corrected chi connectivity index (χ4v) is 2.18. The molecule has 0 fully saturated rings. The summed E-state index contributed by atoms with van der Waals surface area (Å²) in [5.41, 5.74) is 1.02. The molecule has 0 radical (unpaired) electrons. The van der Waals surface area contributed by atoms with Crippen molar-refractivity contribution in [1.82, 2.24) is 0 Å². The Labute approximate surface area is 111 Å². The van der Waals surface area contributed by atoms with Gasteiger partial charge in [-0.15, -0.1) is 0 Å². The van der Waals surface area contributed by atoms with Crippen LogP contribution in [0.25, 0.3) is 0 Å². The number of rotatable bonds is 6. The number of halogens is 1. The molecule has 0 heterocycles. The molecule has 0 aliphatic heterocycles. The summed E-state index contributed by atoms with van der Waals surface area (Å²) in [6, 6.07) is 7.80. The third-order valence-corrected chi connectivity index (χ3v) is 3.81. The molecule has 0 aliphatic rings. The second-order valence-electron chi connectivity index (χ2n) is 4.60. The van der Waals surface area contributed by atoms with Crippen molar-refractivity contribution in [3.05, 3.63) is 39.5 Å². The van der Waals surface area contributed by atoms with Crippen molar-refractivity contribution in [2.75, 3.05) is 13.2 Å². The van der Waals surface area contributed by atoms with E-state index in [-0.39, 0.29) is 17.3 Å². The summed E-state index contributed by atoms with van der Waals surface area (Å²) in [6.45, 7) is 4.84. The van der Waals surface area contributed by atoms with Gasteiger partial charge >= 0.3 is 0 Å². The van der Waals surface area contributed by atoms with Crippen LogP contribution in [-0.4, -0.2) is 28.9 Å². The quantitative estimate of drug-likeness (QED) is 0.648. The highest BCUT2D eigenvalue weighted by atomic mass is 79.9. The molecule has 0 aliphatic carbocycles. The molecule has 1 aromatic rings. The Morgan fingerprint density at radius 1 is 1.35 bits per heavy atom. The van der Waals surface area contributed by atoms with Crippen molar-refractivity contribution >= 4 is 15.9 Å². The van der Waals surface area contributed by atoms with Crippen LogP contribution in [0.3, 0.4) is 0 Å². The first-order valence-electron chi connectivity index (χ1n) is 5.91. The van der Waals surface area contributed by atoms with Crippen LogP contribution in [-0.2, 0) is 6.54 Å². The number of nitrogens with zero attached hydrogens (tertiary/aromatic N) is 1. The fourth-order valence-electron chi connectivity index (χ4n) is 1.77. The Morgan fingerprint density at radius 3 is 2.53 bits per heavy atom. The van der Waals surface area contributed by atoms with Gasteiger partial charge in [0.2, 0.25) is 0 Å². The van der Waals surface area contributed by atoms with Gasteiger partial charge in [-0.25, -0.2) is 0 Å². The van der Waals surface area contributed by atoms with E-state index in [2.05, 4.69) is 15.9 Å². The number of quaternary nitrogens is 1. The molecule has 0 spiro atoms. The summed E-state index contributed by atoms with van der Waals surface area (Å²) in [5.74, 6) is 0. The van der Waals surface area contributed by atoms with E-state index in [1.54, 1.807) is 0 Å². The molecule has 3 nitrogen and oxygen atoms in total. The summed E-state index contributed by atoms with van der Waals surface area (Å²) < 4.78 is 0.686. The minimum Gasteiger partial charge on any atom is -0.632 e. The molecule has 17 heavy (non-hydrogen) atoms. The summed E-state index contributed by atoms with van der Waals surface area (Å²) in [6.07, 6.45) is 0.548. The molecule has 0 amide bonds.